The van der Waals surface area contributed by atoms with Crippen LogP contribution in [-0.4, -0.2) is 69.2 Å². The smallest absolute Gasteiger partial charge is 0.208 e. The maximum atomic E-state index is 10.8. The molecule has 0 saturated heterocycles. The van der Waals surface area contributed by atoms with E-state index in [-0.39, 0.29) is 13.2 Å². The molecule has 0 saturated carbocycles. The quantitative estimate of drug-likeness (QED) is 0.417. The first-order chi connectivity index (χ1) is 7.49. The highest BCUT2D eigenvalue weighted by atomic mass is 32.2. The van der Waals surface area contributed by atoms with Crippen molar-refractivity contribution in [2.45, 2.75) is 12.8 Å². The van der Waals surface area contributed by atoms with Crippen molar-refractivity contribution in [3.63, 3.8) is 0 Å². The number of rotatable bonds is 10. The molecule has 0 aromatic carbocycles. The molecule has 7 heteroatoms. The van der Waals surface area contributed by atoms with E-state index in [1.807, 2.05) is 4.90 Å². The van der Waals surface area contributed by atoms with E-state index in [0.717, 1.165) is 12.8 Å². The Bertz CT molecular complexity index is 256. The van der Waals surface area contributed by atoms with Crippen LogP contribution in [0.2, 0.25) is 0 Å². The molecule has 0 amide bonds. The molecule has 0 unspecified atom stereocenters. The summed E-state index contributed by atoms with van der Waals surface area (Å²) in [7, 11) is -3.11. The van der Waals surface area contributed by atoms with Gasteiger partial charge < -0.3 is 15.1 Å². The minimum absolute atomic E-state index is 0.0743. The lowest BCUT2D eigenvalue weighted by Crippen LogP contribution is -2.32. The number of nitrogens with one attached hydrogen (secondary N) is 1. The zero-order valence-corrected chi connectivity index (χ0v) is 10.5. The molecule has 0 aromatic heterocycles. The first kappa shape index (κ1) is 15.8. The highest BCUT2D eigenvalue weighted by Crippen LogP contribution is 1.93. The predicted molar refractivity (Wildman–Crippen MR) is 62.7 cm³/mol. The van der Waals surface area contributed by atoms with Gasteiger partial charge in [0.05, 0.1) is 12.9 Å². The summed E-state index contributed by atoms with van der Waals surface area (Å²) in [6.45, 7) is 2.59. The van der Waals surface area contributed by atoms with Crippen LogP contribution in [-0.2, 0) is 10.0 Å². The van der Waals surface area contributed by atoms with Gasteiger partial charge in [-0.25, -0.2) is 13.1 Å². The molecule has 0 atom stereocenters. The molecule has 0 aliphatic carbocycles. The summed E-state index contributed by atoms with van der Waals surface area (Å²) < 4.78 is 24.0. The van der Waals surface area contributed by atoms with Gasteiger partial charge in [0.1, 0.15) is 0 Å². The number of aliphatic hydroxyl groups is 2. The second kappa shape index (κ2) is 8.89. The van der Waals surface area contributed by atoms with Crippen molar-refractivity contribution >= 4 is 10.0 Å². The van der Waals surface area contributed by atoms with Gasteiger partial charge in [-0.3, -0.25) is 0 Å². The van der Waals surface area contributed by atoms with Gasteiger partial charge >= 0.3 is 0 Å². The van der Waals surface area contributed by atoms with Gasteiger partial charge in [0, 0.05) is 26.2 Å². The minimum atomic E-state index is -3.11. The van der Waals surface area contributed by atoms with Gasteiger partial charge in [0.25, 0.3) is 0 Å². The van der Waals surface area contributed by atoms with Crippen LogP contribution in [0.1, 0.15) is 12.8 Å². The van der Waals surface area contributed by atoms with Crippen LogP contribution in [0.5, 0.6) is 0 Å². The largest absolute Gasteiger partial charge is 0.396 e. The van der Waals surface area contributed by atoms with Crippen LogP contribution in [0.25, 0.3) is 0 Å². The van der Waals surface area contributed by atoms with Crippen molar-refractivity contribution in [2.24, 2.45) is 0 Å². The third-order valence-electron chi connectivity index (χ3n) is 2.06. The Morgan fingerprint density at radius 3 is 2.19 bits per heavy atom. The Kier molecular flexibility index (Phi) is 8.77. The van der Waals surface area contributed by atoms with Crippen LogP contribution in [0.3, 0.4) is 0 Å². The first-order valence-electron chi connectivity index (χ1n) is 5.38. The second-order valence-corrected chi connectivity index (χ2v) is 5.50. The van der Waals surface area contributed by atoms with Crippen LogP contribution in [0, 0.1) is 0 Å². The Morgan fingerprint density at radius 2 is 1.69 bits per heavy atom. The van der Waals surface area contributed by atoms with E-state index in [4.69, 9.17) is 10.2 Å². The third-order valence-corrected chi connectivity index (χ3v) is 2.79. The fourth-order valence-electron chi connectivity index (χ4n) is 1.33. The Labute approximate surface area is 97.3 Å². The number of hydrogen-bond donors (Lipinski definition) is 3. The Hall–Kier alpha value is -0.210. The average molecular weight is 254 g/mol. The van der Waals surface area contributed by atoms with Crippen molar-refractivity contribution in [3.8, 4) is 0 Å². The van der Waals surface area contributed by atoms with Crippen LogP contribution in [0.4, 0.5) is 0 Å². The second-order valence-electron chi connectivity index (χ2n) is 3.66. The molecule has 0 bridgehead atoms. The van der Waals surface area contributed by atoms with Gasteiger partial charge in [0.2, 0.25) is 10.0 Å². The number of sulfonamides is 1. The molecule has 0 rings (SSSR count). The molecular formula is C9H22N2O4S. The van der Waals surface area contributed by atoms with Gasteiger partial charge in [0.15, 0.2) is 0 Å². The fraction of sp³-hybridized carbons (Fsp3) is 1.00. The van der Waals surface area contributed by atoms with Crippen LogP contribution >= 0.6 is 0 Å². The van der Waals surface area contributed by atoms with Crippen molar-refractivity contribution in [1.29, 1.82) is 0 Å². The lowest BCUT2D eigenvalue weighted by Gasteiger charge is -2.20. The molecule has 0 aromatic rings. The van der Waals surface area contributed by atoms with Gasteiger partial charge in [-0.2, -0.15) is 0 Å². The number of aliphatic hydroxyl groups excluding tert-OH is 2. The SMILES string of the molecule is CS(=O)(=O)NCCCN(CCO)CCCO. The molecule has 0 spiro atoms. The van der Waals surface area contributed by atoms with E-state index in [1.165, 1.54) is 0 Å². The molecule has 0 aliphatic heterocycles. The van der Waals surface area contributed by atoms with Gasteiger partial charge in [-0.05, 0) is 19.4 Å². The summed E-state index contributed by atoms with van der Waals surface area (Å²) in [6, 6.07) is 0. The summed E-state index contributed by atoms with van der Waals surface area (Å²) in [6.07, 6.45) is 2.49. The normalized spacial score (nSPS) is 12.2. The molecular weight excluding hydrogens is 232 g/mol. The molecule has 0 radical (unpaired) electrons. The highest BCUT2D eigenvalue weighted by Gasteiger charge is 2.04. The molecule has 0 heterocycles. The van der Waals surface area contributed by atoms with Crippen molar-refractivity contribution in [2.75, 3.05) is 45.6 Å². The zero-order chi connectivity index (χ0) is 12.4. The third kappa shape index (κ3) is 10.3. The van der Waals surface area contributed by atoms with Gasteiger partial charge in [-0.1, -0.05) is 0 Å². The van der Waals surface area contributed by atoms with Crippen LogP contribution < -0.4 is 4.72 Å². The van der Waals surface area contributed by atoms with E-state index in [9.17, 15) is 8.42 Å². The van der Waals surface area contributed by atoms with Crippen LogP contribution in [0.15, 0.2) is 0 Å². The maximum absolute atomic E-state index is 10.8. The standard InChI is InChI=1S/C9H22N2O4S/c1-16(14,15)10-4-2-5-11(7-9-13)6-3-8-12/h10,12-13H,2-9H2,1H3. The summed E-state index contributed by atoms with van der Waals surface area (Å²) in [5.41, 5.74) is 0. The molecule has 98 valence electrons. The summed E-state index contributed by atoms with van der Waals surface area (Å²) in [4.78, 5) is 2.00. The molecule has 3 N–H and O–H groups in total. The topological polar surface area (TPSA) is 89.9 Å². The first-order valence-corrected chi connectivity index (χ1v) is 7.27. The number of nitrogens with zero attached hydrogens (tertiary/aromatic N) is 1. The molecule has 16 heavy (non-hydrogen) atoms. The van der Waals surface area contributed by atoms with E-state index in [2.05, 4.69) is 4.72 Å². The monoisotopic (exact) mass is 254 g/mol. The Balaban J connectivity index is 3.66. The zero-order valence-electron chi connectivity index (χ0n) is 9.72. The fourth-order valence-corrected chi connectivity index (χ4v) is 1.85. The molecule has 6 nitrogen and oxygen atoms in total. The van der Waals surface area contributed by atoms with Gasteiger partial charge in [-0.15, -0.1) is 0 Å². The van der Waals surface area contributed by atoms with Crippen molar-refractivity contribution < 1.29 is 18.6 Å². The number of hydrogen-bond acceptors (Lipinski definition) is 5. The van der Waals surface area contributed by atoms with Crippen molar-refractivity contribution in [3.05, 3.63) is 0 Å². The molecule has 0 fully saturated rings. The summed E-state index contributed by atoms with van der Waals surface area (Å²) in [5.74, 6) is 0. The maximum Gasteiger partial charge on any atom is 0.208 e. The summed E-state index contributed by atoms with van der Waals surface area (Å²) in [5, 5.41) is 17.5. The summed E-state index contributed by atoms with van der Waals surface area (Å²) >= 11 is 0. The average Bonchev–Trinajstić information content (AvgIpc) is 2.19. The van der Waals surface area contributed by atoms with Crippen molar-refractivity contribution in [1.82, 2.24) is 9.62 Å². The Morgan fingerprint density at radius 1 is 1.06 bits per heavy atom. The lowest BCUT2D eigenvalue weighted by molar-refractivity contribution is 0.178. The van der Waals surface area contributed by atoms with E-state index < -0.39 is 10.0 Å². The van der Waals surface area contributed by atoms with E-state index >= 15 is 0 Å². The van der Waals surface area contributed by atoms with E-state index in [1.54, 1.807) is 0 Å². The minimum Gasteiger partial charge on any atom is -0.396 e. The highest BCUT2D eigenvalue weighted by molar-refractivity contribution is 7.88. The van der Waals surface area contributed by atoms with E-state index in [0.29, 0.717) is 32.5 Å². The predicted octanol–water partition coefficient (Wildman–Crippen LogP) is -1.40. The lowest BCUT2D eigenvalue weighted by atomic mass is 10.3. The molecule has 0 aliphatic rings.